The molecule has 1 aromatic heterocycles. The van der Waals surface area contributed by atoms with Gasteiger partial charge in [-0.3, -0.25) is 4.79 Å². The third-order valence-corrected chi connectivity index (χ3v) is 4.14. The van der Waals surface area contributed by atoms with E-state index >= 15 is 0 Å². The number of methoxy groups -OCH3 is 3. The van der Waals surface area contributed by atoms with Crippen molar-refractivity contribution in [1.29, 1.82) is 0 Å². The topological polar surface area (TPSA) is 83.0 Å². The first-order valence-electron chi connectivity index (χ1n) is 8.18. The van der Waals surface area contributed by atoms with Crippen molar-refractivity contribution < 1.29 is 23.7 Å². The van der Waals surface area contributed by atoms with E-state index < -0.39 is 0 Å². The van der Waals surface area contributed by atoms with Crippen molar-refractivity contribution in [3.63, 3.8) is 0 Å². The lowest BCUT2D eigenvalue weighted by atomic mass is 10.1. The zero-order valence-corrected chi connectivity index (χ0v) is 15.0. The molecule has 0 radical (unpaired) electrons. The first-order valence-corrected chi connectivity index (χ1v) is 8.18. The molecule has 0 saturated carbocycles. The maximum absolute atomic E-state index is 12.8. The van der Waals surface area contributed by atoms with Crippen molar-refractivity contribution >= 4 is 5.91 Å². The molecular formula is C18H21N3O5. The second-order valence-electron chi connectivity index (χ2n) is 5.75. The number of hydrogen-bond donors (Lipinski definition) is 0. The van der Waals surface area contributed by atoms with Crippen LogP contribution in [0, 0.1) is 0 Å². The summed E-state index contributed by atoms with van der Waals surface area (Å²) in [7, 11) is 4.62. The molecule has 1 aliphatic heterocycles. The van der Waals surface area contributed by atoms with E-state index in [-0.39, 0.29) is 12.0 Å². The highest BCUT2D eigenvalue weighted by Crippen LogP contribution is 2.27. The molecule has 1 unspecified atom stereocenters. The van der Waals surface area contributed by atoms with Gasteiger partial charge < -0.3 is 23.8 Å². The fourth-order valence-corrected chi connectivity index (χ4v) is 2.81. The summed E-state index contributed by atoms with van der Waals surface area (Å²) in [6.45, 7) is 1.05. The number of benzene rings is 1. The number of ether oxygens (including phenoxy) is 4. The normalized spacial score (nSPS) is 16.3. The van der Waals surface area contributed by atoms with Crippen LogP contribution in [0.15, 0.2) is 30.6 Å². The summed E-state index contributed by atoms with van der Waals surface area (Å²) < 4.78 is 21.5. The van der Waals surface area contributed by atoms with Gasteiger partial charge in [0.1, 0.15) is 17.6 Å². The summed E-state index contributed by atoms with van der Waals surface area (Å²) >= 11 is 0. The molecule has 1 atom stereocenters. The first kappa shape index (κ1) is 17.8. The Bertz CT molecular complexity index is 761. The summed E-state index contributed by atoms with van der Waals surface area (Å²) in [5.74, 6) is 1.71. The minimum Gasteiger partial charge on any atom is -0.497 e. The van der Waals surface area contributed by atoms with Gasteiger partial charge in [0, 0.05) is 37.0 Å². The second kappa shape index (κ2) is 7.90. The third kappa shape index (κ3) is 3.79. The lowest BCUT2D eigenvalue weighted by Gasteiger charge is -2.18. The van der Waals surface area contributed by atoms with Crippen LogP contribution in [0.25, 0.3) is 0 Å². The van der Waals surface area contributed by atoms with Crippen LogP contribution < -0.4 is 18.9 Å². The highest BCUT2D eigenvalue weighted by atomic mass is 16.5. The number of likely N-dealkylation sites (tertiary alicyclic amines) is 1. The lowest BCUT2D eigenvalue weighted by Crippen LogP contribution is -2.31. The zero-order chi connectivity index (χ0) is 18.5. The first-order chi connectivity index (χ1) is 12.6. The molecule has 2 heterocycles. The van der Waals surface area contributed by atoms with Crippen molar-refractivity contribution in [2.75, 3.05) is 34.4 Å². The van der Waals surface area contributed by atoms with E-state index in [4.69, 9.17) is 18.9 Å². The summed E-state index contributed by atoms with van der Waals surface area (Å²) in [5, 5.41) is 0. The molecule has 8 nitrogen and oxygen atoms in total. The minimum absolute atomic E-state index is 0.0978. The molecule has 0 spiro atoms. The van der Waals surface area contributed by atoms with Gasteiger partial charge in [0.15, 0.2) is 0 Å². The predicted molar refractivity (Wildman–Crippen MR) is 93.1 cm³/mol. The van der Waals surface area contributed by atoms with Crippen LogP contribution in [-0.4, -0.2) is 61.3 Å². The van der Waals surface area contributed by atoms with Crippen LogP contribution in [0.3, 0.4) is 0 Å². The van der Waals surface area contributed by atoms with E-state index in [2.05, 4.69) is 9.97 Å². The minimum atomic E-state index is -0.169. The van der Waals surface area contributed by atoms with E-state index in [1.54, 1.807) is 37.3 Å². The molecule has 3 rings (SSSR count). The van der Waals surface area contributed by atoms with E-state index in [0.29, 0.717) is 48.3 Å². The molecule has 26 heavy (non-hydrogen) atoms. The van der Waals surface area contributed by atoms with Crippen LogP contribution in [0.5, 0.6) is 23.3 Å². The molecule has 8 heteroatoms. The standard InChI is InChI=1S/C18H21N3O5/c1-23-14-8-12(9-15(10-14)24-2)18(22)21-7-4-13(11-21)26-17-16(25-3)19-5-6-20-17/h5-6,8-10,13H,4,7,11H2,1-3H3. The van der Waals surface area contributed by atoms with Crippen LogP contribution in [0.1, 0.15) is 16.8 Å². The van der Waals surface area contributed by atoms with Crippen molar-refractivity contribution in [3.8, 4) is 23.3 Å². The number of rotatable bonds is 6. The van der Waals surface area contributed by atoms with Crippen LogP contribution in [0.2, 0.25) is 0 Å². The second-order valence-corrected chi connectivity index (χ2v) is 5.75. The molecule has 1 saturated heterocycles. The van der Waals surface area contributed by atoms with E-state index in [0.717, 1.165) is 0 Å². The van der Waals surface area contributed by atoms with Crippen LogP contribution in [0.4, 0.5) is 0 Å². The highest BCUT2D eigenvalue weighted by molar-refractivity contribution is 5.95. The number of amides is 1. The van der Waals surface area contributed by atoms with Gasteiger partial charge in [-0.2, -0.15) is 0 Å². The Kier molecular flexibility index (Phi) is 5.40. The molecule has 0 aliphatic carbocycles. The number of aromatic nitrogens is 2. The summed E-state index contributed by atoms with van der Waals surface area (Å²) in [5.41, 5.74) is 0.513. The van der Waals surface area contributed by atoms with E-state index in [1.807, 2.05) is 0 Å². The van der Waals surface area contributed by atoms with Gasteiger partial charge in [-0.05, 0) is 12.1 Å². The van der Waals surface area contributed by atoms with Gasteiger partial charge in [0.25, 0.3) is 17.7 Å². The molecule has 1 aliphatic rings. The monoisotopic (exact) mass is 359 g/mol. The van der Waals surface area contributed by atoms with Gasteiger partial charge in [0.05, 0.1) is 27.9 Å². The third-order valence-electron chi connectivity index (χ3n) is 4.14. The van der Waals surface area contributed by atoms with Crippen molar-refractivity contribution in [3.05, 3.63) is 36.2 Å². The fraction of sp³-hybridized carbons (Fsp3) is 0.389. The van der Waals surface area contributed by atoms with Gasteiger partial charge in [-0.25, -0.2) is 9.97 Å². The van der Waals surface area contributed by atoms with Gasteiger partial charge >= 0.3 is 0 Å². The Morgan fingerprint density at radius 3 is 2.27 bits per heavy atom. The van der Waals surface area contributed by atoms with Crippen molar-refractivity contribution in [1.82, 2.24) is 14.9 Å². The summed E-state index contributed by atoms with van der Waals surface area (Å²) in [4.78, 5) is 22.8. The largest absolute Gasteiger partial charge is 0.497 e. The summed E-state index contributed by atoms with van der Waals surface area (Å²) in [6, 6.07) is 5.13. The van der Waals surface area contributed by atoms with Gasteiger partial charge in [0.2, 0.25) is 0 Å². The average Bonchev–Trinajstić information content (AvgIpc) is 3.15. The molecule has 138 valence electrons. The lowest BCUT2D eigenvalue weighted by molar-refractivity contribution is 0.0769. The highest BCUT2D eigenvalue weighted by Gasteiger charge is 2.30. The zero-order valence-electron chi connectivity index (χ0n) is 15.0. The number of carbonyl (C=O) groups excluding carboxylic acids is 1. The van der Waals surface area contributed by atoms with Crippen LogP contribution >= 0.6 is 0 Å². The quantitative estimate of drug-likeness (QED) is 0.777. The number of nitrogens with zero attached hydrogens (tertiary/aromatic N) is 3. The average molecular weight is 359 g/mol. The van der Waals surface area contributed by atoms with E-state index in [1.165, 1.54) is 19.5 Å². The molecule has 1 aromatic carbocycles. The Morgan fingerprint density at radius 2 is 1.65 bits per heavy atom. The maximum Gasteiger partial charge on any atom is 0.278 e. The SMILES string of the molecule is COc1cc(OC)cc(C(=O)N2CCC(Oc3nccnc3OC)C2)c1. The molecule has 1 fully saturated rings. The number of hydrogen-bond acceptors (Lipinski definition) is 7. The Labute approximate surface area is 151 Å². The summed E-state index contributed by atoms with van der Waals surface area (Å²) in [6.07, 6.45) is 3.61. The smallest absolute Gasteiger partial charge is 0.278 e. The van der Waals surface area contributed by atoms with Crippen molar-refractivity contribution in [2.45, 2.75) is 12.5 Å². The Morgan fingerprint density at radius 1 is 1.00 bits per heavy atom. The molecular weight excluding hydrogens is 338 g/mol. The van der Waals surface area contributed by atoms with E-state index in [9.17, 15) is 4.79 Å². The van der Waals surface area contributed by atoms with Crippen molar-refractivity contribution in [2.24, 2.45) is 0 Å². The maximum atomic E-state index is 12.8. The Balaban J connectivity index is 1.69. The molecule has 0 bridgehead atoms. The number of carbonyl (C=O) groups is 1. The molecule has 1 amide bonds. The Hall–Kier alpha value is -3.03. The van der Waals surface area contributed by atoms with Gasteiger partial charge in [-0.1, -0.05) is 0 Å². The van der Waals surface area contributed by atoms with Crippen LogP contribution in [-0.2, 0) is 0 Å². The fourth-order valence-electron chi connectivity index (χ4n) is 2.81. The predicted octanol–water partition coefficient (Wildman–Crippen LogP) is 1.80. The van der Waals surface area contributed by atoms with Gasteiger partial charge in [-0.15, -0.1) is 0 Å². The molecule has 2 aromatic rings. The molecule has 0 N–H and O–H groups in total.